The van der Waals surface area contributed by atoms with Gasteiger partial charge < -0.3 is 15.6 Å². The van der Waals surface area contributed by atoms with Crippen LogP contribution in [0.2, 0.25) is 0 Å². The molecule has 2 aliphatic carbocycles. The monoisotopic (exact) mass is 569 g/mol. The predicted octanol–water partition coefficient (Wildman–Crippen LogP) is 4.86. The fourth-order valence-corrected chi connectivity index (χ4v) is 6.32. The summed E-state index contributed by atoms with van der Waals surface area (Å²) in [5.41, 5.74) is 2.13. The average molecular weight is 570 g/mol. The van der Waals surface area contributed by atoms with E-state index >= 15 is 0 Å². The highest BCUT2D eigenvalue weighted by atomic mass is 16.2. The van der Waals surface area contributed by atoms with Crippen LogP contribution in [0.1, 0.15) is 80.3 Å². The van der Waals surface area contributed by atoms with Gasteiger partial charge in [0.25, 0.3) is 5.91 Å². The summed E-state index contributed by atoms with van der Waals surface area (Å²) in [4.78, 5) is 69.4. The van der Waals surface area contributed by atoms with Gasteiger partial charge in [0, 0.05) is 41.6 Å². The summed E-state index contributed by atoms with van der Waals surface area (Å²) in [6, 6.07) is 17.6. The molecule has 0 radical (unpaired) electrons. The second-order valence-corrected chi connectivity index (χ2v) is 11.8. The summed E-state index contributed by atoms with van der Waals surface area (Å²) in [5.74, 6) is -3.22. The van der Waals surface area contributed by atoms with Gasteiger partial charge in [-0.15, -0.1) is 0 Å². The molecule has 0 saturated heterocycles. The molecular formula is C34H39N3O5. The Labute approximate surface area is 246 Å². The number of para-hydroxylation sites is 1. The molecule has 0 spiro atoms. The standard InChI is InChI=1S/C34H39N3O5/c38-30-17-9-13-24(30)20-29(32(40)34(42)35-26-14-5-2-6-15-26)37-33(41)25(18-22-10-3-1-4-11-22)21-31(39)28-19-23-12-7-8-16-27(23)36-28/h1,3-4,7-8,10-12,16,19,24-26,29,36H,2,5-6,9,13-15,17-18,20-21H2,(H,35,42)(H,37,41)/t24-,25+,29-/m0/s1. The number of hydrogen-bond donors (Lipinski definition) is 3. The Morgan fingerprint density at radius 1 is 0.881 bits per heavy atom. The van der Waals surface area contributed by atoms with E-state index in [0.29, 0.717) is 18.5 Å². The molecule has 5 rings (SSSR count). The zero-order valence-corrected chi connectivity index (χ0v) is 23.9. The van der Waals surface area contributed by atoms with E-state index in [9.17, 15) is 24.0 Å². The minimum atomic E-state index is -1.13. The third kappa shape index (κ3) is 7.41. The Morgan fingerprint density at radius 2 is 1.62 bits per heavy atom. The number of amides is 2. The lowest BCUT2D eigenvalue weighted by atomic mass is 9.90. The molecule has 2 amide bonds. The summed E-state index contributed by atoms with van der Waals surface area (Å²) < 4.78 is 0. The molecule has 42 heavy (non-hydrogen) atoms. The number of ketones is 3. The molecule has 0 unspecified atom stereocenters. The highest BCUT2D eigenvalue weighted by Gasteiger charge is 2.36. The van der Waals surface area contributed by atoms with Gasteiger partial charge in [-0.1, -0.05) is 67.8 Å². The van der Waals surface area contributed by atoms with E-state index in [2.05, 4.69) is 15.6 Å². The maximum Gasteiger partial charge on any atom is 0.289 e. The van der Waals surface area contributed by atoms with Gasteiger partial charge in [-0.3, -0.25) is 24.0 Å². The Morgan fingerprint density at radius 3 is 2.33 bits per heavy atom. The van der Waals surface area contributed by atoms with Crippen molar-refractivity contribution in [2.45, 2.75) is 82.7 Å². The van der Waals surface area contributed by atoms with Crippen LogP contribution < -0.4 is 10.6 Å². The molecule has 3 N–H and O–H groups in total. The number of H-pyrrole nitrogens is 1. The molecule has 1 aromatic heterocycles. The van der Waals surface area contributed by atoms with Crippen LogP contribution in [0.5, 0.6) is 0 Å². The van der Waals surface area contributed by atoms with Gasteiger partial charge in [0.1, 0.15) is 5.78 Å². The quantitative estimate of drug-likeness (QED) is 0.212. The SMILES string of the molecule is O=C(NC1CCCCC1)C(=O)[C@H](C[C@@H]1CCCC1=O)NC(=O)[C@@H](CC(=O)c1cc2ccccc2[nH]1)Cc1ccccc1. The van der Waals surface area contributed by atoms with Crippen molar-refractivity contribution in [2.75, 3.05) is 0 Å². The highest BCUT2D eigenvalue weighted by Crippen LogP contribution is 2.27. The average Bonchev–Trinajstić information content (AvgIpc) is 3.63. The first-order valence-electron chi connectivity index (χ1n) is 15.2. The number of carbonyl (C=O) groups is 5. The third-order valence-electron chi connectivity index (χ3n) is 8.71. The summed E-state index contributed by atoms with van der Waals surface area (Å²) in [7, 11) is 0. The molecule has 3 aromatic rings. The molecule has 220 valence electrons. The van der Waals surface area contributed by atoms with Crippen LogP contribution in [0, 0.1) is 11.8 Å². The zero-order chi connectivity index (χ0) is 29.5. The summed E-state index contributed by atoms with van der Waals surface area (Å²) in [5, 5.41) is 6.59. The second-order valence-electron chi connectivity index (χ2n) is 11.8. The van der Waals surface area contributed by atoms with Crippen LogP contribution in [-0.2, 0) is 25.6 Å². The Bertz CT molecular complexity index is 1410. The number of carbonyl (C=O) groups excluding carboxylic acids is 5. The normalized spacial score (nSPS) is 18.9. The summed E-state index contributed by atoms with van der Waals surface area (Å²) >= 11 is 0. The first-order chi connectivity index (χ1) is 20.4. The number of benzene rings is 2. The largest absolute Gasteiger partial charge is 0.352 e. The number of Topliss-reactive ketones (excluding diaryl/α,β-unsaturated/α-hetero) is 3. The minimum Gasteiger partial charge on any atom is -0.352 e. The zero-order valence-electron chi connectivity index (χ0n) is 23.9. The molecular weight excluding hydrogens is 530 g/mol. The van der Waals surface area contributed by atoms with Crippen LogP contribution in [0.15, 0.2) is 60.7 Å². The molecule has 2 saturated carbocycles. The molecule has 3 atom stereocenters. The van der Waals surface area contributed by atoms with Crippen molar-refractivity contribution in [3.05, 3.63) is 71.9 Å². The van der Waals surface area contributed by atoms with Crippen molar-refractivity contribution in [2.24, 2.45) is 11.8 Å². The van der Waals surface area contributed by atoms with Gasteiger partial charge in [-0.05, 0) is 56.2 Å². The lowest BCUT2D eigenvalue weighted by Gasteiger charge is -2.26. The third-order valence-corrected chi connectivity index (χ3v) is 8.71. The van der Waals surface area contributed by atoms with Gasteiger partial charge in [-0.25, -0.2) is 0 Å². The highest BCUT2D eigenvalue weighted by molar-refractivity contribution is 6.38. The van der Waals surface area contributed by atoms with Crippen molar-refractivity contribution in [3.8, 4) is 0 Å². The Kier molecular flexibility index (Phi) is 9.62. The maximum atomic E-state index is 13.8. The van der Waals surface area contributed by atoms with E-state index in [1.807, 2.05) is 54.6 Å². The van der Waals surface area contributed by atoms with Gasteiger partial charge in [0.15, 0.2) is 5.78 Å². The maximum absolute atomic E-state index is 13.8. The predicted molar refractivity (Wildman–Crippen MR) is 160 cm³/mol. The summed E-state index contributed by atoms with van der Waals surface area (Å²) in [6.07, 6.45) is 6.89. The first-order valence-corrected chi connectivity index (χ1v) is 15.2. The molecule has 8 nitrogen and oxygen atoms in total. The molecule has 8 heteroatoms. The lowest BCUT2D eigenvalue weighted by Crippen LogP contribution is -2.52. The number of nitrogens with one attached hydrogen (secondary N) is 3. The summed E-state index contributed by atoms with van der Waals surface area (Å²) in [6.45, 7) is 0. The molecule has 2 fully saturated rings. The first kappa shape index (κ1) is 29.4. The van der Waals surface area contributed by atoms with Gasteiger partial charge in [-0.2, -0.15) is 0 Å². The number of hydrogen-bond acceptors (Lipinski definition) is 5. The fraction of sp³-hybridized carbons (Fsp3) is 0.441. The van der Waals surface area contributed by atoms with E-state index < -0.39 is 29.6 Å². The molecule has 2 aromatic carbocycles. The van der Waals surface area contributed by atoms with Crippen LogP contribution in [-0.4, -0.2) is 46.2 Å². The van der Waals surface area contributed by atoms with E-state index in [1.165, 1.54) is 0 Å². The Balaban J connectivity index is 1.34. The topological polar surface area (TPSA) is 125 Å². The van der Waals surface area contributed by atoms with Crippen LogP contribution >= 0.6 is 0 Å². The van der Waals surface area contributed by atoms with Crippen molar-refractivity contribution < 1.29 is 24.0 Å². The van der Waals surface area contributed by atoms with E-state index in [4.69, 9.17) is 0 Å². The Hall–Kier alpha value is -4.07. The van der Waals surface area contributed by atoms with E-state index in [1.54, 1.807) is 6.07 Å². The van der Waals surface area contributed by atoms with Gasteiger partial charge in [0.2, 0.25) is 11.7 Å². The number of rotatable bonds is 12. The number of fused-ring (bicyclic) bond motifs is 1. The second kappa shape index (κ2) is 13.7. The van der Waals surface area contributed by atoms with Crippen LogP contribution in [0.3, 0.4) is 0 Å². The molecule has 0 bridgehead atoms. The van der Waals surface area contributed by atoms with Gasteiger partial charge in [0.05, 0.1) is 11.7 Å². The smallest absolute Gasteiger partial charge is 0.289 e. The van der Waals surface area contributed by atoms with Crippen molar-refractivity contribution in [1.82, 2.24) is 15.6 Å². The van der Waals surface area contributed by atoms with E-state index in [-0.39, 0.29) is 42.8 Å². The van der Waals surface area contributed by atoms with Gasteiger partial charge >= 0.3 is 0 Å². The van der Waals surface area contributed by atoms with Crippen LogP contribution in [0.25, 0.3) is 10.9 Å². The fourth-order valence-electron chi connectivity index (χ4n) is 6.32. The van der Waals surface area contributed by atoms with Crippen molar-refractivity contribution in [1.29, 1.82) is 0 Å². The lowest BCUT2D eigenvalue weighted by molar-refractivity contribution is -0.141. The van der Waals surface area contributed by atoms with E-state index in [0.717, 1.165) is 55.0 Å². The molecule has 1 heterocycles. The molecule has 2 aliphatic rings. The number of aromatic amines is 1. The number of aromatic nitrogens is 1. The van der Waals surface area contributed by atoms with Crippen molar-refractivity contribution in [3.63, 3.8) is 0 Å². The van der Waals surface area contributed by atoms with Crippen LogP contribution in [0.4, 0.5) is 0 Å². The molecule has 0 aliphatic heterocycles. The van der Waals surface area contributed by atoms with Crippen molar-refractivity contribution >= 4 is 40.1 Å². The minimum absolute atomic E-state index is 0.0561.